The highest BCUT2D eigenvalue weighted by atomic mass is 16.6. The number of amides is 3. The average Bonchev–Trinajstić information content (AvgIpc) is 3.17. The van der Waals surface area contributed by atoms with Gasteiger partial charge in [-0.15, -0.1) is 6.58 Å². The Kier molecular flexibility index (Phi) is 8.45. The molecule has 7 nitrogen and oxygen atoms in total. The topological polar surface area (TPSA) is 87.7 Å². The molecule has 2 atom stereocenters. The van der Waals surface area contributed by atoms with E-state index >= 15 is 0 Å². The summed E-state index contributed by atoms with van der Waals surface area (Å²) >= 11 is 0. The van der Waals surface area contributed by atoms with Gasteiger partial charge < -0.3 is 20.3 Å². The van der Waals surface area contributed by atoms with Crippen molar-refractivity contribution in [1.29, 1.82) is 0 Å². The van der Waals surface area contributed by atoms with Gasteiger partial charge in [-0.3, -0.25) is 9.59 Å². The Bertz CT molecular complexity index is 748. The number of rotatable bonds is 9. The van der Waals surface area contributed by atoms with E-state index in [4.69, 9.17) is 4.74 Å². The van der Waals surface area contributed by atoms with Crippen molar-refractivity contribution in [2.75, 3.05) is 13.1 Å². The zero-order valence-corrected chi connectivity index (χ0v) is 18.1. The number of alkyl carbamates (subject to hydrolysis) is 1. The molecule has 0 saturated heterocycles. The van der Waals surface area contributed by atoms with Gasteiger partial charge in [-0.25, -0.2) is 4.79 Å². The third-order valence-electron chi connectivity index (χ3n) is 5.37. The predicted octanol–water partition coefficient (Wildman–Crippen LogP) is 3.01. The minimum atomic E-state index is -0.553. The van der Waals surface area contributed by atoms with E-state index in [1.165, 1.54) is 6.92 Å². The van der Waals surface area contributed by atoms with Gasteiger partial charge in [0.2, 0.25) is 11.8 Å². The van der Waals surface area contributed by atoms with Crippen molar-refractivity contribution in [3.63, 3.8) is 0 Å². The first-order valence-corrected chi connectivity index (χ1v) is 10.4. The molecule has 2 rings (SSSR count). The van der Waals surface area contributed by atoms with E-state index < -0.39 is 11.6 Å². The Labute approximate surface area is 178 Å². The van der Waals surface area contributed by atoms with E-state index in [0.29, 0.717) is 38.9 Å². The van der Waals surface area contributed by atoms with Gasteiger partial charge >= 0.3 is 6.09 Å². The third kappa shape index (κ3) is 6.90. The predicted molar refractivity (Wildman–Crippen MR) is 116 cm³/mol. The second-order valence-corrected chi connectivity index (χ2v) is 8.34. The normalized spacial score (nSPS) is 18.4. The molecule has 0 bridgehead atoms. The molecule has 0 heterocycles. The molecule has 1 aliphatic rings. The van der Waals surface area contributed by atoms with Crippen molar-refractivity contribution in [2.24, 2.45) is 5.92 Å². The molecule has 2 N–H and O–H groups in total. The quantitative estimate of drug-likeness (QED) is 0.607. The van der Waals surface area contributed by atoms with Crippen LogP contribution < -0.4 is 10.6 Å². The fourth-order valence-electron chi connectivity index (χ4n) is 3.66. The SMILES string of the molecule is C=CCN(C(=O)C1CCC(OC(=O)NCc2ccccc2)C1)C(C)(C)CNC(C)=O. The number of ether oxygens (including phenoxy) is 1. The van der Waals surface area contributed by atoms with Crippen LogP contribution in [0.15, 0.2) is 43.0 Å². The molecule has 0 aromatic heterocycles. The number of carbonyl (C=O) groups is 3. The van der Waals surface area contributed by atoms with Crippen LogP contribution in [0.2, 0.25) is 0 Å². The second-order valence-electron chi connectivity index (χ2n) is 8.34. The summed E-state index contributed by atoms with van der Waals surface area (Å²) in [6, 6.07) is 9.61. The van der Waals surface area contributed by atoms with Crippen molar-refractivity contribution in [3.8, 4) is 0 Å². The molecule has 1 saturated carbocycles. The molecule has 0 radical (unpaired) electrons. The van der Waals surface area contributed by atoms with E-state index in [1.54, 1.807) is 11.0 Å². The van der Waals surface area contributed by atoms with Gasteiger partial charge in [0.25, 0.3) is 0 Å². The molecule has 7 heteroatoms. The summed E-state index contributed by atoms with van der Waals surface area (Å²) in [5, 5.41) is 5.54. The van der Waals surface area contributed by atoms with Gasteiger partial charge in [0.15, 0.2) is 0 Å². The monoisotopic (exact) mass is 415 g/mol. The molecule has 1 fully saturated rings. The van der Waals surface area contributed by atoms with Crippen LogP contribution in [0.3, 0.4) is 0 Å². The molecule has 1 aromatic carbocycles. The lowest BCUT2D eigenvalue weighted by molar-refractivity contribution is -0.140. The lowest BCUT2D eigenvalue weighted by Crippen LogP contribution is -2.55. The number of hydrogen-bond acceptors (Lipinski definition) is 4. The summed E-state index contributed by atoms with van der Waals surface area (Å²) in [6.45, 7) is 10.2. The highest BCUT2D eigenvalue weighted by molar-refractivity contribution is 5.80. The highest BCUT2D eigenvalue weighted by Crippen LogP contribution is 2.31. The lowest BCUT2D eigenvalue weighted by Gasteiger charge is -2.39. The number of nitrogens with one attached hydrogen (secondary N) is 2. The lowest BCUT2D eigenvalue weighted by atomic mass is 9.98. The summed E-state index contributed by atoms with van der Waals surface area (Å²) in [4.78, 5) is 38.3. The maximum Gasteiger partial charge on any atom is 0.407 e. The molecule has 3 amide bonds. The minimum Gasteiger partial charge on any atom is -0.446 e. The van der Waals surface area contributed by atoms with Crippen molar-refractivity contribution in [1.82, 2.24) is 15.5 Å². The Morgan fingerprint density at radius 1 is 1.20 bits per heavy atom. The van der Waals surface area contributed by atoms with Crippen LogP contribution in [-0.4, -0.2) is 47.5 Å². The summed E-state index contributed by atoms with van der Waals surface area (Å²) in [5.74, 6) is -0.348. The molecule has 164 valence electrons. The van der Waals surface area contributed by atoms with Crippen LogP contribution in [0, 0.1) is 5.92 Å². The Hall–Kier alpha value is -2.83. The van der Waals surface area contributed by atoms with Crippen molar-refractivity contribution < 1.29 is 19.1 Å². The van der Waals surface area contributed by atoms with E-state index in [1.807, 2.05) is 44.2 Å². The standard InChI is InChI=1S/C23H33N3O4/c1-5-13-26(23(3,4)16-25-17(2)27)21(28)19-11-12-20(14-19)30-22(29)24-15-18-9-7-6-8-10-18/h5-10,19-20H,1,11-16H2,2-4H3,(H,24,29)(H,25,27). The molecule has 0 spiro atoms. The number of carbonyl (C=O) groups excluding carboxylic acids is 3. The highest BCUT2D eigenvalue weighted by Gasteiger charge is 2.39. The van der Waals surface area contributed by atoms with Gasteiger partial charge in [-0.1, -0.05) is 36.4 Å². The first-order chi connectivity index (χ1) is 14.2. The smallest absolute Gasteiger partial charge is 0.407 e. The summed E-state index contributed by atoms with van der Waals surface area (Å²) in [6.07, 6.45) is 2.77. The van der Waals surface area contributed by atoms with E-state index in [9.17, 15) is 14.4 Å². The van der Waals surface area contributed by atoms with Crippen LogP contribution >= 0.6 is 0 Å². The van der Waals surface area contributed by atoms with Crippen molar-refractivity contribution in [2.45, 2.75) is 58.2 Å². The van der Waals surface area contributed by atoms with Crippen LogP contribution in [0.25, 0.3) is 0 Å². The van der Waals surface area contributed by atoms with Crippen molar-refractivity contribution >= 4 is 17.9 Å². The molecule has 0 aliphatic heterocycles. The van der Waals surface area contributed by atoms with Gasteiger partial charge in [0, 0.05) is 32.5 Å². The fraction of sp³-hybridized carbons (Fsp3) is 0.522. The minimum absolute atomic E-state index is 0.000968. The summed E-state index contributed by atoms with van der Waals surface area (Å²) < 4.78 is 5.52. The van der Waals surface area contributed by atoms with Crippen molar-refractivity contribution in [3.05, 3.63) is 48.6 Å². The Balaban J connectivity index is 1.88. The molecular weight excluding hydrogens is 382 g/mol. The molecular formula is C23H33N3O4. The number of nitrogens with zero attached hydrogens (tertiary/aromatic N) is 1. The van der Waals surface area contributed by atoms with Crippen LogP contribution in [-0.2, 0) is 20.9 Å². The van der Waals surface area contributed by atoms with Gasteiger partial charge in [-0.2, -0.15) is 0 Å². The molecule has 1 aliphatic carbocycles. The first kappa shape index (κ1) is 23.4. The molecule has 1 aromatic rings. The van der Waals surface area contributed by atoms with Gasteiger partial charge in [-0.05, 0) is 38.7 Å². The number of benzene rings is 1. The van der Waals surface area contributed by atoms with E-state index in [0.717, 1.165) is 5.56 Å². The Morgan fingerprint density at radius 2 is 1.90 bits per heavy atom. The van der Waals surface area contributed by atoms with Crippen LogP contribution in [0.1, 0.15) is 45.6 Å². The largest absolute Gasteiger partial charge is 0.446 e. The van der Waals surface area contributed by atoms with Crippen LogP contribution in [0.5, 0.6) is 0 Å². The average molecular weight is 416 g/mol. The van der Waals surface area contributed by atoms with E-state index in [2.05, 4.69) is 17.2 Å². The maximum atomic E-state index is 13.2. The van der Waals surface area contributed by atoms with E-state index in [-0.39, 0.29) is 23.8 Å². The molecule has 2 unspecified atom stereocenters. The summed E-state index contributed by atoms with van der Waals surface area (Å²) in [7, 11) is 0. The van der Waals surface area contributed by atoms with Gasteiger partial charge in [0.1, 0.15) is 6.10 Å². The fourth-order valence-corrected chi connectivity index (χ4v) is 3.66. The second kappa shape index (κ2) is 10.8. The summed E-state index contributed by atoms with van der Waals surface area (Å²) in [5.41, 5.74) is 0.443. The molecule has 30 heavy (non-hydrogen) atoms. The van der Waals surface area contributed by atoms with Crippen LogP contribution in [0.4, 0.5) is 4.79 Å². The number of hydrogen-bond donors (Lipinski definition) is 2. The first-order valence-electron chi connectivity index (χ1n) is 10.4. The zero-order chi connectivity index (χ0) is 22.1. The maximum absolute atomic E-state index is 13.2. The van der Waals surface area contributed by atoms with Gasteiger partial charge in [0.05, 0.1) is 5.54 Å². The Morgan fingerprint density at radius 3 is 2.53 bits per heavy atom. The zero-order valence-electron chi connectivity index (χ0n) is 18.1. The third-order valence-corrected chi connectivity index (χ3v) is 5.37.